The molecule has 1 aromatic heterocycles. The van der Waals surface area contributed by atoms with Gasteiger partial charge in [0.15, 0.2) is 0 Å². The largest absolute Gasteiger partial charge is 0.384 e. The Labute approximate surface area is 93.8 Å². The highest BCUT2D eigenvalue weighted by atomic mass is 19.1. The third-order valence-corrected chi connectivity index (χ3v) is 2.07. The Hall–Kier alpha value is -1.49. The first kappa shape index (κ1) is 12.6. The molecule has 1 heterocycles. The third kappa shape index (κ3) is 3.58. The van der Waals surface area contributed by atoms with Gasteiger partial charge in [-0.3, -0.25) is 4.79 Å². The summed E-state index contributed by atoms with van der Waals surface area (Å²) in [6.07, 6.45) is 1.31. The Morgan fingerprint density at radius 1 is 1.69 bits per heavy atom. The van der Waals surface area contributed by atoms with E-state index < -0.39 is 11.9 Å². The first-order valence-electron chi connectivity index (χ1n) is 5.02. The average Bonchev–Trinajstić information content (AvgIpc) is 2.27. The van der Waals surface area contributed by atoms with E-state index in [0.29, 0.717) is 13.2 Å². The van der Waals surface area contributed by atoms with Crippen LogP contribution in [0.3, 0.4) is 0 Å². The lowest BCUT2D eigenvalue weighted by Gasteiger charge is -2.11. The van der Waals surface area contributed by atoms with Crippen LogP contribution in [0.4, 0.5) is 4.39 Å². The van der Waals surface area contributed by atoms with Gasteiger partial charge in [0.2, 0.25) is 5.95 Å². The van der Waals surface area contributed by atoms with E-state index in [1.54, 1.807) is 7.11 Å². The number of nitrogens with one attached hydrogen (secondary N) is 1. The lowest BCUT2D eigenvalue weighted by molar-refractivity contribution is 0.0929. The minimum atomic E-state index is -0.751. The Kier molecular flexibility index (Phi) is 4.85. The second-order valence-electron chi connectivity index (χ2n) is 3.61. The molecule has 5 heteroatoms. The molecule has 0 aromatic carbocycles. The zero-order valence-corrected chi connectivity index (χ0v) is 9.37. The van der Waals surface area contributed by atoms with Crippen molar-refractivity contribution in [3.63, 3.8) is 0 Å². The summed E-state index contributed by atoms with van der Waals surface area (Å²) in [5.41, 5.74) is -0.0351. The summed E-state index contributed by atoms with van der Waals surface area (Å²) in [6.45, 7) is 2.93. The maximum atomic E-state index is 13.1. The number of pyridine rings is 1. The Morgan fingerprint density at radius 3 is 3.06 bits per heavy atom. The second kappa shape index (κ2) is 6.17. The molecule has 1 rings (SSSR count). The predicted molar refractivity (Wildman–Crippen MR) is 57.6 cm³/mol. The van der Waals surface area contributed by atoms with Crippen LogP contribution in [0.15, 0.2) is 18.3 Å². The van der Waals surface area contributed by atoms with Gasteiger partial charge in [0.05, 0.1) is 12.2 Å². The van der Waals surface area contributed by atoms with Crippen LogP contribution in [0.1, 0.15) is 17.3 Å². The van der Waals surface area contributed by atoms with Crippen LogP contribution >= 0.6 is 0 Å². The molecule has 0 bridgehead atoms. The van der Waals surface area contributed by atoms with Gasteiger partial charge < -0.3 is 10.1 Å². The van der Waals surface area contributed by atoms with Gasteiger partial charge in [0, 0.05) is 19.9 Å². The van der Waals surface area contributed by atoms with E-state index in [9.17, 15) is 9.18 Å². The van der Waals surface area contributed by atoms with Crippen molar-refractivity contribution in [1.29, 1.82) is 0 Å². The van der Waals surface area contributed by atoms with E-state index in [2.05, 4.69) is 10.3 Å². The highest BCUT2D eigenvalue weighted by Gasteiger charge is 2.12. The first-order chi connectivity index (χ1) is 7.65. The number of carbonyl (C=O) groups excluding carboxylic acids is 1. The summed E-state index contributed by atoms with van der Waals surface area (Å²) in [7, 11) is 1.60. The molecule has 1 amide bonds. The Balaban J connectivity index is 2.50. The summed E-state index contributed by atoms with van der Waals surface area (Å²) < 4.78 is 18.0. The van der Waals surface area contributed by atoms with Gasteiger partial charge >= 0.3 is 0 Å². The van der Waals surface area contributed by atoms with Crippen LogP contribution in [0.25, 0.3) is 0 Å². The van der Waals surface area contributed by atoms with Crippen molar-refractivity contribution < 1.29 is 13.9 Å². The van der Waals surface area contributed by atoms with Gasteiger partial charge in [-0.1, -0.05) is 6.92 Å². The SMILES string of the molecule is COCC(C)CNC(=O)c1cccnc1F. The van der Waals surface area contributed by atoms with Crippen molar-refractivity contribution in [3.05, 3.63) is 29.8 Å². The zero-order valence-electron chi connectivity index (χ0n) is 9.37. The van der Waals surface area contributed by atoms with Crippen molar-refractivity contribution in [2.45, 2.75) is 6.92 Å². The quantitative estimate of drug-likeness (QED) is 0.768. The molecule has 0 aliphatic heterocycles. The van der Waals surface area contributed by atoms with Gasteiger partial charge in [0.1, 0.15) is 0 Å². The summed E-state index contributed by atoms with van der Waals surface area (Å²) >= 11 is 0. The fraction of sp³-hybridized carbons (Fsp3) is 0.455. The molecule has 4 nitrogen and oxygen atoms in total. The Morgan fingerprint density at radius 2 is 2.44 bits per heavy atom. The normalized spacial score (nSPS) is 12.2. The molecular weight excluding hydrogens is 211 g/mol. The number of aromatic nitrogens is 1. The van der Waals surface area contributed by atoms with E-state index in [1.165, 1.54) is 18.3 Å². The van der Waals surface area contributed by atoms with Gasteiger partial charge in [-0.05, 0) is 18.1 Å². The smallest absolute Gasteiger partial charge is 0.255 e. The second-order valence-corrected chi connectivity index (χ2v) is 3.61. The highest BCUT2D eigenvalue weighted by molar-refractivity contribution is 5.94. The summed E-state index contributed by atoms with van der Waals surface area (Å²) in [4.78, 5) is 15.0. The summed E-state index contributed by atoms with van der Waals surface area (Å²) in [5.74, 6) is -1.01. The van der Waals surface area contributed by atoms with Crippen molar-refractivity contribution >= 4 is 5.91 Å². The van der Waals surface area contributed by atoms with Gasteiger partial charge in [0.25, 0.3) is 5.91 Å². The highest BCUT2D eigenvalue weighted by Crippen LogP contribution is 2.03. The molecule has 1 aromatic rings. The van der Waals surface area contributed by atoms with Crippen LogP contribution in [0.5, 0.6) is 0 Å². The van der Waals surface area contributed by atoms with Gasteiger partial charge in [-0.25, -0.2) is 4.98 Å². The van der Waals surface area contributed by atoms with Crippen molar-refractivity contribution in [3.8, 4) is 0 Å². The van der Waals surface area contributed by atoms with E-state index in [0.717, 1.165) is 0 Å². The van der Waals surface area contributed by atoms with Crippen LogP contribution in [-0.2, 0) is 4.74 Å². The van der Waals surface area contributed by atoms with E-state index in [1.807, 2.05) is 6.92 Å². The van der Waals surface area contributed by atoms with E-state index in [4.69, 9.17) is 4.74 Å². The number of methoxy groups -OCH3 is 1. The lowest BCUT2D eigenvalue weighted by atomic mass is 10.2. The predicted octanol–water partition coefficient (Wildman–Crippen LogP) is 1.23. The standard InChI is InChI=1S/C11H15FN2O2/c1-8(7-16-2)6-14-11(15)9-4-3-5-13-10(9)12/h3-5,8H,6-7H2,1-2H3,(H,14,15). The molecule has 88 valence electrons. The minimum Gasteiger partial charge on any atom is -0.384 e. The summed E-state index contributed by atoms with van der Waals surface area (Å²) in [6, 6.07) is 2.93. The monoisotopic (exact) mass is 226 g/mol. The third-order valence-electron chi connectivity index (χ3n) is 2.07. The van der Waals surface area contributed by atoms with Crippen molar-refractivity contribution in [1.82, 2.24) is 10.3 Å². The number of halogens is 1. The number of nitrogens with zero attached hydrogens (tertiary/aromatic N) is 1. The fourth-order valence-corrected chi connectivity index (χ4v) is 1.26. The molecule has 0 radical (unpaired) electrons. The Bertz CT molecular complexity index is 358. The van der Waals surface area contributed by atoms with Crippen LogP contribution in [0, 0.1) is 11.9 Å². The van der Waals surface area contributed by atoms with Gasteiger partial charge in [-0.15, -0.1) is 0 Å². The summed E-state index contributed by atoms with van der Waals surface area (Å²) in [5, 5.41) is 2.63. The van der Waals surface area contributed by atoms with Crippen molar-refractivity contribution in [2.24, 2.45) is 5.92 Å². The van der Waals surface area contributed by atoms with Crippen LogP contribution in [-0.4, -0.2) is 31.2 Å². The number of amides is 1. The average molecular weight is 226 g/mol. The van der Waals surface area contributed by atoms with Gasteiger partial charge in [-0.2, -0.15) is 4.39 Å². The lowest BCUT2D eigenvalue weighted by Crippen LogP contribution is -2.30. The first-order valence-corrected chi connectivity index (χ1v) is 5.02. The molecule has 0 aliphatic rings. The number of hydrogen-bond donors (Lipinski definition) is 1. The molecule has 16 heavy (non-hydrogen) atoms. The fourth-order valence-electron chi connectivity index (χ4n) is 1.26. The number of carbonyl (C=O) groups is 1. The molecule has 0 saturated heterocycles. The maximum absolute atomic E-state index is 13.1. The molecule has 0 spiro atoms. The molecule has 0 fully saturated rings. The van der Waals surface area contributed by atoms with Crippen LogP contribution in [0.2, 0.25) is 0 Å². The molecule has 1 unspecified atom stereocenters. The number of hydrogen-bond acceptors (Lipinski definition) is 3. The minimum absolute atomic E-state index is 0.0351. The van der Waals surface area contributed by atoms with E-state index >= 15 is 0 Å². The van der Waals surface area contributed by atoms with Crippen LogP contribution < -0.4 is 5.32 Å². The topological polar surface area (TPSA) is 51.2 Å². The molecule has 0 aliphatic carbocycles. The van der Waals surface area contributed by atoms with E-state index in [-0.39, 0.29) is 11.5 Å². The maximum Gasteiger partial charge on any atom is 0.255 e. The molecular formula is C11H15FN2O2. The number of rotatable bonds is 5. The molecule has 1 atom stereocenters. The zero-order chi connectivity index (χ0) is 12.0. The molecule has 1 N–H and O–H groups in total. The molecule has 0 saturated carbocycles. The number of ether oxygens (including phenoxy) is 1. The van der Waals surface area contributed by atoms with Crippen molar-refractivity contribution in [2.75, 3.05) is 20.3 Å².